The van der Waals surface area contributed by atoms with Gasteiger partial charge in [-0.25, -0.2) is 14.8 Å². The van der Waals surface area contributed by atoms with E-state index in [2.05, 4.69) is 21.3 Å². The minimum Gasteiger partial charge on any atom is -0.384 e. The van der Waals surface area contributed by atoms with Gasteiger partial charge in [-0.3, -0.25) is 0 Å². The molecule has 0 unspecified atom stereocenters. The number of carbonyl (C=O) groups excluding carboxylic acids is 1. The van der Waals surface area contributed by atoms with Crippen molar-refractivity contribution in [2.24, 2.45) is 0 Å². The van der Waals surface area contributed by atoms with E-state index in [4.69, 9.17) is 24.2 Å². The number of amides is 2. The monoisotopic (exact) mass is 456 g/mol. The molecule has 1 aliphatic rings. The van der Waals surface area contributed by atoms with Gasteiger partial charge in [-0.15, -0.1) is 0 Å². The van der Waals surface area contributed by atoms with E-state index in [9.17, 15) is 4.79 Å². The molecular weight excluding hydrogens is 424 g/mol. The number of aromatic nitrogens is 3. The summed E-state index contributed by atoms with van der Waals surface area (Å²) in [6, 6.07) is 8.02. The second-order valence-electron chi connectivity index (χ2n) is 7.79. The minimum atomic E-state index is -0.0667. The Hall–Kier alpha value is -2.95. The summed E-state index contributed by atoms with van der Waals surface area (Å²) in [4.78, 5) is 23.5. The first kappa shape index (κ1) is 23.2. The summed E-state index contributed by atoms with van der Waals surface area (Å²) >= 11 is 0. The highest BCUT2D eigenvalue weighted by Crippen LogP contribution is 2.30. The molecule has 0 aliphatic carbocycles. The molecule has 0 saturated carbocycles. The van der Waals surface area contributed by atoms with E-state index in [0.29, 0.717) is 65.6 Å². The summed E-state index contributed by atoms with van der Waals surface area (Å²) in [5.74, 6) is 1.69. The fourth-order valence-corrected chi connectivity index (χ4v) is 4.05. The Kier molecular flexibility index (Phi) is 7.92. The molecule has 10 nitrogen and oxygen atoms in total. The average Bonchev–Trinajstić information content (AvgIpc) is 3.23. The molecule has 2 aromatic heterocycles. The lowest BCUT2D eigenvalue weighted by molar-refractivity contribution is 0.0523. The summed E-state index contributed by atoms with van der Waals surface area (Å²) in [5.41, 5.74) is 2.81. The topological polar surface area (TPSA) is 103 Å². The number of morpholine rings is 1. The van der Waals surface area contributed by atoms with Gasteiger partial charge in [0.2, 0.25) is 0 Å². The van der Waals surface area contributed by atoms with Crippen LogP contribution in [0.4, 0.5) is 10.6 Å². The van der Waals surface area contributed by atoms with Crippen LogP contribution >= 0.6 is 0 Å². The van der Waals surface area contributed by atoms with Crippen LogP contribution in [-0.2, 0) is 27.2 Å². The maximum Gasteiger partial charge on any atom is 0.317 e. The summed E-state index contributed by atoms with van der Waals surface area (Å²) in [6.07, 6.45) is 0.693. The van der Waals surface area contributed by atoms with Gasteiger partial charge in [0.1, 0.15) is 11.3 Å². The van der Waals surface area contributed by atoms with Crippen molar-refractivity contribution in [1.29, 1.82) is 0 Å². The molecule has 0 spiro atoms. The lowest BCUT2D eigenvalue weighted by Gasteiger charge is -2.26. The van der Waals surface area contributed by atoms with Gasteiger partial charge < -0.3 is 34.3 Å². The zero-order valence-electron chi connectivity index (χ0n) is 19.3. The molecule has 1 saturated heterocycles. The first-order chi connectivity index (χ1) is 16.2. The van der Waals surface area contributed by atoms with Crippen molar-refractivity contribution in [2.45, 2.75) is 13.0 Å². The van der Waals surface area contributed by atoms with Crippen LogP contribution in [0.15, 0.2) is 24.3 Å². The molecule has 1 fully saturated rings. The standard InChI is InChI=1S/C23H32N6O4/c1-24-22-20-21(17-5-3-4-6-18(17)26-22)29(19(27-20)7-12-31-2)11-16-32-13-8-25-23(30)28-9-14-33-15-10-28/h3-6H,7-16H2,1-2H3,(H,24,26)(H,25,30). The number of urea groups is 1. The van der Waals surface area contributed by atoms with Crippen molar-refractivity contribution in [3.05, 3.63) is 30.1 Å². The molecule has 0 radical (unpaired) electrons. The summed E-state index contributed by atoms with van der Waals surface area (Å²) in [5, 5.41) is 7.14. The number of ether oxygens (including phenoxy) is 3. The molecule has 0 bridgehead atoms. The molecule has 4 rings (SSSR count). The number of hydrogen-bond acceptors (Lipinski definition) is 7. The van der Waals surface area contributed by atoms with Crippen molar-refractivity contribution in [3.63, 3.8) is 0 Å². The van der Waals surface area contributed by atoms with Crippen LogP contribution in [0.5, 0.6) is 0 Å². The minimum absolute atomic E-state index is 0.0667. The number of methoxy groups -OCH3 is 1. The van der Waals surface area contributed by atoms with E-state index in [0.717, 1.165) is 33.6 Å². The Morgan fingerprint density at radius 2 is 1.97 bits per heavy atom. The Bertz CT molecular complexity index is 1080. The Labute approximate surface area is 193 Å². The molecule has 178 valence electrons. The first-order valence-electron chi connectivity index (χ1n) is 11.4. The smallest absolute Gasteiger partial charge is 0.317 e. The lowest BCUT2D eigenvalue weighted by atomic mass is 10.2. The van der Waals surface area contributed by atoms with Crippen molar-refractivity contribution >= 4 is 33.8 Å². The number of fused-ring (bicyclic) bond motifs is 3. The van der Waals surface area contributed by atoms with E-state index < -0.39 is 0 Å². The van der Waals surface area contributed by atoms with Gasteiger partial charge in [0.15, 0.2) is 5.82 Å². The number of para-hydroxylation sites is 1. The van der Waals surface area contributed by atoms with Gasteiger partial charge in [-0.05, 0) is 6.07 Å². The third kappa shape index (κ3) is 5.35. The largest absolute Gasteiger partial charge is 0.384 e. The van der Waals surface area contributed by atoms with Crippen molar-refractivity contribution in [3.8, 4) is 0 Å². The highest BCUT2D eigenvalue weighted by atomic mass is 16.5. The van der Waals surface area contributed by atoms with Gasteiger partial charge >= 0.3 is 6.03 Å². The Morgan fingerprint density at radius 3 is 2.76 bits per heavy atom. The van der Waals surface area contributed by atoms with Crippen molar-refractivity contribution in [2.75, 3.05) is 72.1 Å². The van der Waals surface area contributed by atoms with E-state index in [1.54, 1.807) is 12.0 Å². The summed E-state index contributed by atoms with van der Waals surface area (Å²) in [6.45, 7) is 5.08. The van der Waals surface area contributed by atoms with Gasteiger partial charge in [0.25, 0.3) is 0 Å². The molecule has 1 aliphatic heterocycles. The van der Waals surface area contributed by atoms with E-state index in [1.807, 2.05) is 25.2 Å². The van der Waals surface area contributed by atoms with Crippen LogP contribution in [0.3, 0.4) is 0 Å². The SMILES string of the molecule is CNc1nc2ccccc2c2c1nc(CCOC)n2CCOCCNC(=O)N1CCOCC1. The number of hydrogen-bond donors (Lipinski definition) is 2. The van der Waals surface area contributed by atoms with Crippen LogP contribution in [-0.4, -0.2) is 92.3 Å². The molecule has 2 N–H and O–H groups in total. The zero-order chi connectivity index (χ0) is 23.0. The second kappa shape index (κ2) is 11.3. The number of pyridine rings is 1. The molecular formula is C23H32N6O4. The quantitative estimate of drug-likeness (QED) is 0.449. The third-order valence-corrected chi connectivity index (χ3v) is 5.71. The normalized spacial score (nSPS) is 14.2. The molecule has 0 atom stereocenters. The average molecular weight is 457 g/mol. The number of benzene rings is 1. The molecule has 10 heteroatoms. The number of nitrogens with one attached hydrogen (secondary N) is 2. The number of nitrogens with zero attached hydrogens (tertiary/aromatic N) is 4. The Morgan fingerprint density at radius 1 is 1.15 bits per heavy atom. The van der Waals surface area contributed by atoms with E-state index in [-0.39, 0.29) is 6.03 Å². The van der Waals surface area contributed by atoms with Gasteiger partial charge in [-0.2, -0.15) is 0 Å². The van der Waals surface area contributed by atoms with Crippen LogP contribution in [0.2, 0.25) is 0 Å². The van der Waals surface area contributed by atoms with E-state index >= 15 is 0 Å². The highest BCUT2D eigenvalue weighted by molar-refractivity contribution is 6.07. The molecule has 3 heterocycles. The molecule has 33 heavy (non-hydrogen) atoms. The predicted molar refractivity (Wildman–Crippen MR) is 127 cm³/mol. The van der Waals surface area contributed by atoms with Crippen LogP contribution in [0, 0.1) is 0 Å². The van der Waals surface area contributed by atoms with Crippen molar-refractivity contribution in [1.82, 2.24) is 24.8 Å². The predicted octanol–water partition coefficient (Wildman–Crippen LogP) is 1.87. The fourth-order valence-electron chi connectivity index (χ4n) is 4.05. The van der Waals surface area contributed by atoms with Crippen LogP contribution < -0.4 is 10.6 Å². The van der Waals surface area contributed by atoms with E-state index in [1.165, 1.54) is 0 Å². The maximum atomic E-state index is 12.2. The summed E-state index contributed by atoms with van der Waals surface area (Å²) in [7, 11) is 3.55. The van der Waals surface area contributed by atoms with Crippen LogP contribution in [0.1, 0.15) is 5.82 Å². The maximum absolute atomic E-state index is 12.2. The number of carbonyl (C=O) groups is 1. The number of anilines is 1. The fraction of sp³-hybridized carbons (Fsp3) is 0.522. The van der Waals surface area contributed by atoms with Gasteiger partial charge in [0.05, 0.1) is 44.1 Å². The number of rotatable bonds is 10. The van der Waals surface area contributed by atoms with Crippen molar-refractivity contribution < 1.29 is 19.0 Å². The molecule has 1 aromatic carbocycles. The third-order valence-electron chi connectivity index (χ3n) is 5.71. The summed E-state index contributed by atoms with van der Waals surface area (Å²) < 4.78 is 18.6. The Balaban J connectivity index is 1.43. The first-order valence-corrected chi connectivity index (χ1v) is 11.4. The second-order valence-corrected chi connectivity index (χ2v) is 7.79. The number of imidazole rings is 1. The molecule has 3 aromatic rings. The van der Waals surface area contributed by atoms with Gasteiger partial charge in [-0.1, -0.05) is 18.2 Å². The highest BCUT2D eigenvalue weighted by Gasteiger charge is 2.18. The zero-order valence-corrected chi connectivity index (χ0v) is 19.3. The lowest BCUT2D eigenvalue weighted by Crippen LogP contribution is -2.46. The van der Waals surface area contributed by atoms with Crippen LogP contribution in [0.25, 0.3) is 21.9 Å². The van der Waals surface area contributed by atoms with Gasteiger partial charge in [0, 0.05) is 52.1 Å². The molecule has 2 amide bonds.